The van der Waals surface area contributed by atoms with Gasteiger partial charge in [0.2, 0.25) is 0 Å². The van der Waals surface area contributed by atoms with E-state index in [9.17, 15) is 10.2 Å². The molecule has 1 heterocycles. The van der Waals surface area contributed by atoms with Crippen LogP contribution in [0.3, 0.4) is 0 Å². The van der Waals surface area contributed by atoms with Crippen LogP contribution < -0.4 is 31.9 Å². The molecule has 0 aliphatic carbocycles. The number of aliphatic hydroxyl groups is 2. The summed E-state index contributed by atoms with van der Waals surface area (Å²) in [4.78, 5) is 0. The summed E-state index contributed by atoms with van der Waals surface area (Å²) in [6.45, 7) is 9.27. The Bertz CT molecular complexity index is 224. The van der Waals surface area contributed by atoms with Crippen LogP contribution in [0.5, 0.6) is 0 Å². The van der Waals surface area contributed by atoms with Crippen molar-refractivity contribution in [3.05, 3.63) is 0 Å². The first-order valence-corrected chi connectivity index (χ1v) is 8.39. The van der Waals surface area contributed by atoms with Crippen molar-refractivity contribution in [3.8, 4) is 0 Å². The van der Waals surface area contributed by atoms with Crippen LogP contribution in [-0.2, 0) is 0 Å². The van der Waals surface area contributed by atoms with E-state index in [1.807, 2.05) is 0 Å². The van der Waals surface area contributed by atoms with Crippen molar-refractivity contribution in [1.29, 1.82) is 0 Å². The molecule has 0 aromatic carbocycles. The molecular formula is C14H40Br6N6O2. The second kappa shape index (κ2) is 34.2. The van der Waals surface area contributed by atoms with E-state index in [0.717, 1.165) is 52.4 Å². The minimum atomic E-state index is -0.351. The topological polar surface area (TPSA) is 113 Å². The van der Waals surface area contributed by atoms with E-state index < -0.39 is 0 Å². The molecule has 0 bridgehead atoms. The van der Waals surface area contributed by atoms with E-state index >= 15 is 0 Å². The van der Waals surface area contributed by atoms with Crippen molar-refractivity contribution in [1.82, 2.24) is 31.9 Å². The molecule has 0 spiro atoms. The SMILES string of the molecule is Br.Br.Br.Br.Br.Br.OC1CNCCNCCNCC(O)CNCCNCCNC1. The average molecular weight is 804 g/mol. The van der Waals surface area contributed by atoms with Crippen molar-refractivity contribution < 1.29 is 10.2 Å². The number of β-amino-alcohol motifs (C(OH)–C–C–N with tert-alkyl or cyclic N) is 2. The highest BCUT2D eigenvalue weighted by Crippen LogP contribution is 1.79. The monoisotopic (exact) mass is 798 g/mol. The first-order valence-electron chi connectivity index (χ1n) is 8.39. The van der Waals surface area contributed by atoms with Crippen LogP contribution >= 0.6 is 102 Å². The van der Waals surface area contributed by atoms with Gasteiger partial charge in [-0.25, -0.2) is 0 Å². The van der Waals surface area contributed by atoms with Gasteiger partial charge in [0, 0.05) is 78.5 Å². The maximum atomic E-state index is 9.79. The fourth-order valence-corrected chi connectivity index (χ4v) is 2.18. The van der Waals surface area contributed by atoms with Crippen molar-refractivity contribution in [2.45, 2.75) is 12.2 Å². The predicted molar refractivity (Wildman–Crippen MR) is 151 cm³/mol. The fourth-order valence-electron chi connectivity index (χ4n) is 2.18. The summed E-state index contributed by atoms with van der Waals surface area (Å²) in [7, 11) is 0. The number of aliphatic hydroxyl groups excluding tert-OH is 2. The Morgan fingerprint density at radius 3 is 0.750 bits per heavy atom. The second-order valence-electron chi connectivity index (χ2n) is 5.62. The van der Waals surface area contributed by atoms with Gasteiger partial charge in [0.05, 0.1) is 12.2 Å². The van der Waals surface area contributed by atoms with E-state index in [2.05, 4.69) is 31.9 Å². The lowest BCUT2D eigenvalue weighted by atomic mass is 10.3. The molecule has 0 unspecified atom stereocenters. The molecule has 1 aliphatic heterocycles. The number of hydrogen-bond acceptors (Lipinski definition) is 8. The standard InChI is InChI=1S/C14H34N6O2.6BrH/c21-13-9-17-5-1-15-2-6-18-11-14(22)12-20-8-4-16-3-7-19-10-13;;;;;;/h13-22H,1-12H2;6*1H. The maximum absolute atomic E-state index is 9.79. The van der Waals surface area contributed by atoms with Gasteiger partial charge in [0.1, 0.15) is 0 Å². The second-order valence-corrected chi connectivity index (χ2v) is 5.62. The molecular weight excluding hydrogens is 764 g/mol. The predicted octanol–water partition coefficient (Wildman–Crippen LogP) is -0.273. The van der Waals surface area contributed by atoms with Gasteiger partial charge in [-0.15, -0.1) is 102 Å². The minimum Gasteiger partial charge on any atom is -0.390 e. The summed E-state index contributed by atoms with van der Waals surface area (Å²) in [6, 6.07) is 0. The summed E-state index contributed by atoms with van der Waals surface area (Å²) in [6.07, 6.45) is -0.703. The molecule has 0 saturated carbocycles. The Morgan fingerprint density at radius 1 is 0.357 bits per heavy atom. The molecule has 0 amide bonds. The zero-order chi connectivity index (χ0) is 15.9. The zero-order valence-corrected chi connectivity index (χ0v) is 26.3. The third-order valence-corrected chi connectivity index (χ3v) is 3.43. The smallest absolute Gasteiger partial charge is 0.0788 e. The highest BCUT2D eigenvalue weighted by atomic mass is 79.9. The van der Waals surface area contributed by atoms with E-state index in [1.165, 1.54) is 0 Å². The minimum absolute atomic E-state index is 0. The van der Waals surface area contributed by atoms with Crippen molar-refractivity contribution in [2.75, 3.05) is 78.5 Å². The Labute approximate surface area is 232 Å². The molecule has 28 heavy (non-hydrogen) atoms. The maximum Gasteiger partial charge on any atom is 0.0788 e. The van der Waals surface area contributed by atoms with Crippen LogP contribution in [0.1, 0.15) is 0 Å². The number of hydrogen-bond donors (Lipinski definition) is 8. The molecule has 8 N–H and O–H groups in total. The molecule has 14 heteroatoms. The Kier molecular flexibility index (Phi) is 54.0. The first-order chi connectivity index (χ1) is 10.8. The molecule has 1 rings (SSSR count). The number of rotatable bonds is 0. The normalized spacial score (nSPS) is 23.4. The fraction of sp³-hybridized carbons (Fsp3) is 1.00. The van der Waals surface area contributed by atoms with E-state index in [0.29, 0.717) is 26.2 Å². The molecule has 8 nitrogen and oxygen atoms in total. The Hall–Kier alpha value is 2.56. The molecule has 180 valence electrons. The van der Waals surface area contributed by atoms with E-state index in [4.69, 9.17) is 0 Å². The third kappa shape index (κ3) is 30.8. The van der Waals surface area contributed by atoms with Gasteiger partial charge in [0.15, 0.2) is 0 Å². The summed E-state index contributed by atoms with van der Waals surface area (Å²) < 4.78 is 0. The van der Waals surface area contributed by atoms with Gasteiger partial charge in [0.25, 0.3) is 0 Å². The lowest BCUT2D eigenvalue weighted by Gasteiger charge is -2.15. The largest absolute Gasteiger partial charge is 0.390 e. The molecule has 0 radical (unpaired) electrons. The van der Waals surface area contributed by atoms with Crippen molar-refractivity contribution in [3.63, 3.8) is 0 Å². The third-order valence-electron chi connectivity index (χ3n) is 3.43. The van der Waals surface area contributed by atoms with Crippen LogP contribution in [0.4, 0.5) is 0 Å². The van der Waals surface area contributed by atoms with Gasteiger partial charge in [-0.2, -0.15) is 0 Å². The average Bonchev–Trinajstić information content (AvgIpc) is 2.50. The van der Waals surface area contributed by atoms with Crippen LogP contribution in [0.15, 0.2) is 0 Å². The van der Waals surface area contributed by atoms with Gasteiger partial charge < -0.3 is 42.1 Å². The Balaban J connectivity index is -0.000000202. The van der Waals surface area contributed by atoms with Crippen molar-refractivity contribution >= 4 is 102 Å². The van der Waals surface area contributed by atoms with Gasteiger partial charge in [-0.05, 0) is 0 Å². The molecule has 0 atom stereocenters. The number of halogens is 6. The number of nitrogens with one attached hydrogen (secondary N) is 6. The molecule has 1 fully saturated rings. The van der Waals surface area contributed by atoms with Crippen LogP contribution in [0.25, 0.3) is 0 Å². The van der Waals surface area contributed by atoms with Gasteiger partial charge >= 0.3 is 0 Å². The zero-order valence-electron chi connectivity index (χ0n) is 16.0. The summed E-state index contributed by atoms with van der Waals surface area (Å²) >= 11 is 0. The quantitative estimate of drug-likeness (QED) is 0.169. The summed E-state index contributed by atoms with van der Waals surface area (Å²) in [5.74, 6) is 0. The molecule has 0 aromatic heterocycles. The molecule has 1 aliphatic rings. The van der Waals surface area contributed by atoms with E-state index in [-0.39, 0.29) is 114 Å². The summed E-state index contributed by atoms with van der Waals surface area (Å²) in [5, 5.41) is 39.1. The Morgan fingerprint density at radius 2 is 0.536 bits per heavy atom. The first kappa shape index (κ1) is 44.3. The highest BCUT2D eigenvalue weighted by molar-refractivity contribution is 8.93. The van der Waals surface area contributed by atoms with Crippen LogP contribution in [0.2, 0.25) is 0 Å². The van der Waals surface area contributed by atoms with Crippen LogP contribution in [0, 0.1) is 0 Å². The van der Waals surface area contributed by atoms with Crippen LogP contribution in [-0.4, -0.2) is 101 Å². The van der Waals surface area contributed by atoms with Gasteiger partial charge in [-0.1, -0.05) is 0 Å². The van der Waals surface area contributed by atoms with Gasteiger partial charge in [-0.3, -0.25) is 0 Å². The van der Waals surface area contributed by atoms with E-state index in [1.54, 1.807) is 0 Å². The molecule has 0 aromatic rings. The highest BCUT2D eigenvalue weighted by Gasteiger charge is 2.04. The summed E-state index contributed by atoms with van der Waals surface area (Å²) in [5.41, 5.74) is 0. The lowest BCUT2D eigenvalue weighted by Crippen LogP contribution is -2.42. The lowest BCUT2D eigenvalue weighted by molar-refractivity contribution is 0.168. The van der Waals surface area contributed by atoms with Crippen molar-refractivity contribution in [2.24, 2.45) is 0 Å². The molecule has 1 saturated heterocycles.